The van der Waals surface area contributed by atoms with Crippen molar-refractivity contribution >= 4 is 23.2 Å². The summed E-state index contributed by atoms with van der Waals surface area (Å²) in [5, 5.41) is 9.53. The molecule has 1 saturated heterocycles. The number of benzene rings is 2. The second-order valence-electron chi connectivity index (χ2n) is 7.30. The molecule has 2 aromatic rings. The van der Waals surface area contributed by atoms with Crippen molar-refractivity contribution in [3.8, 4) is 11.5 Å². The molecule has 166 valence electrons. The Bertz CT molecular complexity index is 902. The molecule has 1 unspecified atom stereocenters. The number of hydrogen-bond acceptors (Lipinski definition) is 5. The van der Waals surface area contributed by atoms with E-state index in [9.17, 15) is 4.79 Å². The molecule has 0 spiro atoms. The van der Waals surface area contributed by atoms with Crippen LogP contribution < -0.4 is 30.3 Å². The number of nitrogens with zero attached hydrogens (tertiary/aromatic N) is 2. The molecule has 3 rings (SSSR count). The summed E-state index contributed by atoms with van der Waals surface area (Å²) in [5.74, 6) is 2.25. The van der Waals surface area contributed by atoms with Gasteiger partial charge in [0.1, 0.15) is 18.1 Å². The number of para-hydroxylation sites is 2. The molecule has 31 heavy (non-hydrogen) atoms. The maximum atomic E-state index is 11.2. The van der Waals surface area contributed by atoms with E-state index in [0.717, 1.165) is 42.6 Å². The highest BCUT2D eigenvalue weighted by Gasteiger charge is 2.25. The van der Waals surface area contributed by atoms with Gasteiger partial charge in [-0.25, -0.2) is 0 Å². The monoisotopic (exact) mass is 425 g/mol. The molecule has 8 heteroatoms. The van der Waals surface area contributed by atoms with Gasteiger partial charge in [-0.05, 0) is 30.7 Å². The van der Waals surface area contributed by atoms with Crippen molar-refractivity contribution in [1.82, 2.24) is 10.6 Å². The number of carbonyl (C=O) groups is 1. The first-order valence-electron chi connectivity index (χ1n) is 10.4. The smallest absolute Gasteiger partial charge is 0.221 e. The van der Waals surface area contributed by atoms with Crippen molar-refractivity contribution in [3.05, 3.63) is 48.5 Å². The molecule has 0 radical (unpaired) electrons. The van der Waals surface area contributed by atoms with Crippen LogP contribution in [0.4, 0.5) is 11.4 Å². The summed E-state index contributed by atoms with van der Waals surface area (Å²) in [6.45, 7) is 4.40. The molecule has 1 heterocycles. The van der Waals surface area contributed by atoms with Crippen molar-refractivity contribution in [2.45, 2.75) is 19.4 Å². The summed E-state index contributed by atoms with van der Waals surface area (Å²) in [5.41, 5.74) is 1.84. The molecule has 0 saturated carbocycles. The highest BCUT2D eigenvalue weighted by Crippen LogP contribution is 2.30. The molecule has 1 aliphatic heterocycles. The Labute approximate surface area is 183 Å². The van der Waals surface area contributed by atoms with Crippen LogP contribution in [-0.4, -0.2) is 58.3 Å². The summed E-state index contributed by atoms with van der Waals surface area (Å²) >= 11 is 0. The average Bonchev–Trinajstić information content (AvgIpc) is 3.24. The molecule has 0 bridgehead atoms. The highest BCUT2D eigenvalue weighted by atomic mass is 16.5. The molecule has 2 aromatic carbocycles. The number of anilines is 2. The Morgan fingerprint density at radius 3 is 2.84 bits per heavy atom. The van der Waals surface area contributed by atoms with E-state index in [1.807, 2.05) is 36.4 Å². The average molecular weight is 426 g/mol. The van der Waals surface area contributed by atoms with Gasteiger partial charge in [0, 0.05) is 44.9 Å². The third-order valence-electron chi connectivity index (χ3n) is 5.00. The quantitative estimate of drug-likeness (QED) is 0.342. The zero-order valence-corrected chi connectivity index (χ0v) is 18.4. The zero-order chi connectivity index (χ0) is 22.1. The number of methoxy groups -OCH3 is 1. The predicted molar refractivity (Wildman–Crippen MR) is 124 cm³/mol. The third kappa shape index (κ3) is 6.53. The largest absolute Gasteiger partial charge is 0.495 e. The maximum absolute atomic E-state index is 11.2. The van der Waals surface area contributed by atoms with Crippen molar-refractivity contribution in [2.75, 3.05) is 50.6 Å². The van der Waals surface area contributed by atoms with Crippen LogP contribution in [0.15, 0.2) is 53.5 Å². The second-order valence-corrected chi connectivity index (χ2v) is 7.30. The Kier molecular flexibility index (Phi) is 7.98. The normalized spacial score (nSPS) is 16.0. The highest BCUT2D eigenvalue weighted by molar-refractivity contribution is 5.88. The van der Waals surface area contributed by atoms with Crippen LogP contribution in [0.5, 0.6) is 11.5 Å². The molecule has 1 aliphatic rings. The lowest BCUT2D eigenvalue weighted by Crippen LogP contribution is -2.45. The molecule has 8 nitrogen and oxygen atoms in total. The molecule has 3 N–H and O–H groups in total. The van der Waals surface area contributed by atoms with E-state index in [0.29, 0.717) is 24.9 Å². The summed E-state index contributed by atoms with van der Waals surface area (Å²) in [4.78, 5) is 17.8. The van der Waals surface area contributed by atoms with E-state index in [1.54, 1.807) is 20.2 Å². The molecule has 1 amide bonds. The van der Waals surface area contributed by atoms with Crippen LogP contribution in [0.2, 0.25) is 0 Å². The second kappa shape index (κ2) is 11.1. The van der Waals surface area contributed by atoms with E-state index >= 15 is 0 Å². The Balaban J connectivity index is 1.43. The van der Waals surface area contributed by atoms with Gasteiger partial charge in [-0.3, -0.25) is 9.79 Å². The van der Waals surface area contributed by atoms with Gasteiger partial charge in [0.05, 0.1) is 19.3 Å². The fourth-order valence-electron chi connectivity index (χ4n) is 3.58. The molecule has 1 atom stereocenters. The summed E-state index contributed by atoms with van der Waals surface area (Å²) in [6.07, 6.45) is 1.02. The van der Waals surface area contributed by atoms with Gasteiger partial charge < -0.3 is 30.3 Å². The Hall–Kier alpha value is -3.42. The predicted octanol–water partition coefficient (Wildman–Crippen LogP) is 2.48. The number of hydrogen-bond donors (Lipinski definition) is 3. The van der Waals surface area contributed by atoms with Gasteiger partial charge in [0.2, 0.25) is 5.91 Å². The van der Waals surface area contributed by atoms with Crippen LogP contribution in [0, 0.1) is 0 Å². The van der Waals surface area contributed by atoms with Crippen LogP contribution in [0.1, 0.15) is 13.3 Å². The van der Waals surface area contributed by atoms with Gasteiger partial charge in [0.15, 0.2) is 5.96 Å². The number of rotatable bonds is 8. The fraction of sp³-hybridized carbons (Fsp3) is 0.391. The Morgan fingerprint density at radius 2 is 2.06 bits per heavy atom. The van der Waals surface area contributed by atoms with Crippen molar-refractivity contribution in [3.63, 3.8) is 0 Å². The number of aliphatic imine (C=N–C) groups is 1. The van der Waals surface area contributed by atoms with Crippen LogP contribution in [-0.2, 0) is 4.79 Å². The lowest BCUT2D eigenvalue weighted by molar-refractivity contribution is -0.114. The van der Waals surface area contributed by atoms with Crippen LogP contribution >= 0.6 is 0 Å². The first-order valence-corrected chi connectivity index (χ1v) is 10.4. The summed E-state index contributed by atoms with van der Waals surface area (Å²) in [7, 11) is 3.47. The van der Waals surface area contributed by atoms with Crippen molar-refractivity contribution in [1.29, 1.82) is 0 Å². The molecular formula is C23H31N5O3. The third-order valence-corrected chi connectivity index (χ3v) is 5.00. The molecular weight excluding hydrogens is 394 g/mol. The SMILES string of the molecule is CN=C(NCCOc1cccc(NC(C)=O)c1)NC1CCN(c2ccccc2OC)C1. The van der Waals surface area contributed by atoms with Gasteiger partial charge in [-0.2, -0.15) is 0 Å². The molecule has 0 aromatic heterocycles. The van der Waals surface area contributed by atoms with Gasteiger partial charge >= 0.3 is 0 Å². The van der Waals surface area contributed by atoms with Crippen LogP contribution in [0.3, 0.4) is 0 Å². The Morgan fingerprint density at radius 1 is 1.23 bits per heavy atom. The minimum Gasteiger partial charge on any atom is -0.495 e. The zero-order valence-electron chi connectivity index (χ0n) is 18.4. The minimum absolute atomic E-state index is 0.107. The van der Waals surface area contributed by atoms with Gasteiger partial charge in [-0.15, -0.1) is 0 Å². The number of carbonyl (C=O) groups excluding carboxylic acids is 1. The minimum atomic E-state index is -0.107. The van der Waals surface area contributed by atoms with Gasteiger partial charge in [-0.1, -0.05) is 18.2 Å². The standard InChI is InChI=1S/C23H31N5O3/c1-17(29)26-18-7-6-8-20(15-18)31-14-12-25-23(24-2)27-19-11-13-28(16-19)21-9-4-5-10-22(21)30-3/h4-10,15,19H,11-14,16H2,1-3H3,(H,26,29)(H2,24,25,27). The van der Waals surface area contributed by atoms with Crippen molar-refractivity contribution in [2.24, 2.45) is 4.99 Å². The maximum Gasteiger partial charge on any atom is 0.221 e. The number of guanidine groups is 1. The lowest BCUT2D eigenvalue weighted by Gasteiger charge is -2.22. The van der Waals surface area contributed by atoms with E-state index in [-0.39, 0.29) is 5.91 Å². The van der Waals surface area contributed by atoms with E-state index in [2.05, 4.69) is 31.9 Å². The van der Waals surface area contributed by atoms with E-state index in [4.69, 9.17) is 9.47 Å². The number of ether oxygens (including phenoxy) is 2. The number of amides is 1. The topological polar surface area (TPSA) is 87.2 Å². The van der Waals surface area contributed by atoms with Crippen LogP contribution in [0.25, 0.3) is 0 Å². The fourth-order valence-corrected chi connectivity index (χ4v) is 3.58. The molecule has 1 fully saturated rings. The van der Waals surface area contributed by atoms with Gasteiger partial charge in [0.25, 0.3) is 0 Å². The summed E-state index contributed by atoms with van der Waals surface area (Å²) in [6, 6.07) is 15.7. The first kappa shape index (κ1) is 22.3. The lowest BCUT2D eigenvalue weighted by atomic mass is 10.2. The first-order chi connectivity index (χ1) is 15.1. The summed E-state index contributed by atoms with van der Waals surface area (Å²) < 4.78 is 11.3. The van der Waals surface area contributed by atoms with Crippen molar-refractivity contribution < 1.29 is 14.3 Å². The van der Waals surface area contributed by atoms with E-state index < -0.39 is 0 Å². The van der Waals surface area contributed by atoms with E-state index in [1.165, 1.54) is 6.92 Å². The number of nitrogens with one attached hydrogen (secondary N) is 3. The molecule has 0 aliphatic carbocycles.